The smallest absolute Gasteiger partial charge is 0.169 e. The van der Waals surface area contributed by atoms with E-state index in [9.17, 15) is 15.3 Å². The summed E-state index contributed by atoms with van der Waals surface area (Å²) in [5, 5.41) is 33.3. The van der Waals surface area contributed by atoms with Crippen molar-refractivity contribution in [2.24, 2.45) is 0 Å². The summed E-state index contributed by atoms with van der Waals surface area (Å²) in [6, 6.07) is 23.0. The number of phenols is 3. The lowest BCUT2D eigenvalue weighted by Crippen LogP contribution is -2.30. The minimum Gasteiger partial charge on any atom is -0.507 e. The van der Waals surface area contributed by atoms with Gasteiger partial charge in [0.15, 0.2) is 11.5 Å². The van der Waals surface area contributed by atoms with Crippen molar-refractivity contribution in [3.8, 4) is 39.9 Å². The summed E-state index contributed by atoms with van der Waals surface area (Å²) >= 11 is 0. The van der Waals surface area contributed by atoms with E-state index in [1.165, 1.54) is 0 Å². The van der Waals surface area contributed by atoms with Crippen LogP contribution in [0.1, 0.15) is 27.8 Å². The lowest BCUT2D eigenvalue weighted by molar-refractivity contribution is 0.110. The predicted molar refractivity (Wildman–Crippen MR) is 164 cm³/mol. The first-order valence-electron chi connectivity index (χ1n) is 14.4. The van der Waals surface area contributed by atoms with Gasteiger partial charge < -0.3 is 29.5 Å². The molecule has 0 spiro atoms. The largest absolute Gasteiger partial charge is 0.507 e. The van der Waals surface area contributed by atoms with Gasteiger partial charge in [-0.15, -0.1) is 0 Å². The van der Waals surface area contributed by atoms with Gasteiger partial charge in [-0.3, -0.25) is 4.90 Å². The Labute approximate surface area is 247 Å². The molecule has 0 saturated heterocycles. The molecular weight excluding hydrogens is 530 g/mol. The van der Waals surface area contributed by atoms with Crippen LogP contribution in [0.4, 0.5) is 0 Å². The van der Waals surface area contributed by atoms with Crippen LogP contribution < -0.4 is 4.74 Å². The van der Waals surface area contributed by atoms with E-state index in [0.29, 0.717) is 74.7 Å². The van der Waals surface area contributed by atoms with Gasteiger partial charge in [-0.05, 0) is 78.3 Å². The summed E-state index contributed by atoms with van der Waals surface area (Å²) in [6.45, 7) is 3.10. The van der Waals surface area contributed by atoms with E-state index in [2.05, 4.69) is 11.0 Å². The van der Waals surface area contributed by atoms with Crippen LogP contribution in [-0.4, -0.2) is 60.7 Å². The van der Waals surface area contributed by atoms with Crippen molar-refractivity contribution in [1.82, 2.24) is 4.90 Å². The van der Waals surface area contributed by atoms with Gasteiger partial charge >= 0.3 is 0 Å². The van der Waals surface area contributed by atoms with E-state index in [1.807, 2.05) is 54.6 Å². The third kappa shape index (κ3) is 7.05. The van der Waals surface area contributed by atoms with Gasteiger partial charge in [-0.1, -0.05) is 42.5 Å². The number of ether oxygens (including phenoxy) is 3. The van der Waals surface area contributed by atoms with Gasteiger partial charge in [0.25, 0.3) is 0 Å². The molecule has 42 heavy (non-hydrogen) atoms. The highest BCUT2D eigenvalue weighted by Crippen LogP contribution is 2.42. The summed E-state index contributed by atoms with van der Waals surface area (Å²) in [7, 11) is 3.36. The highest BCUT2D eigenvalue weighted by molar-refractivity contribution is 5.80. The summed E-state index contributed by atoms with van der Waals surface area (Å²) in [5.41, 5.74) is 6.14. The number of methoxy groups -OCH3 is 2. The molecule has 0 saturated carbocycles. The van der Waals surface area contributed by atoms with Gasteiger partial charge in [-0.25, -0.2) is 0 Å². The van der Waals surface area contributed by atoms with Crippen molar-refractivity contribution in [2.45, 2.75) is 32.2 Å². The lowest BCUT2D eigenvalue weighted by Gasteiger charge is -2.24. The number of benzene rings is 4. The molecule has 0 atom stereocenters. The van der Waals surface area contributed by atoms with E-state index in [4.69, 9.17) is 14.2 Å². The zero-order chi connectivity index (χ0) is 29.5. The third-order valence-corrected chi connectivity index (χ3v) is 7.86. The molecule has 6 bridgehead atoms. The van der Waals surface area contributed by atoms with Crippen molar-refractivity contribution in [3.63, 3.8) is 0 Å². The van der Waals surface area contributed by atoms with Gasteiger partial charge in [0.2, 0.25) is 0 Å². The Kier molecular flexibility index (Phi) is 9.64. The maximum absolute atomic E-state index is 11.7. The van der Waals surface area contributed by atoms with E-state index in [1.54, 1.807) is 26.4 Å². The average molecular weight is 570 g/mol. The topological polar surface area (TPSA) is 91.6 Å². The van der Waals surface area contributed by atoms with Gasteiger partial charge in [0, 0.05) is 50.5 Å². The molecule has 7 nitrogen and oxygen atoms in total. The van der Waals surface area contributed by atoms with Crippen LogP contribution in [0.15, 0.2) is 72.8 Å². The molecular formula is C35H39NO6. The summed E-state index contributed by atoms with van der Waals surface area (Å²) < 4.78 is 16.6. The molecule has 0 amide bonds. The molecule has 0 fully saturated rings. The molecule has 4 heterocycles. The van der Waals surface area contributed by atoms with E-state index in [-0.39, 0.29) is 17.2 Å². The fraction of sp³-hybridized carbons (Fsp3) is 0.314. The van der Waals surface area contributed by atoms with Crippen molar-refractivity contribution >= 4 is 0 Å². The van der Waals surface area contributed by atoms with Crippen molar-refractivity contribution in [2.75, 3.05) is 40.5 Å². The molecule has 220 valence electrons. The molecule has 0 radical (unpaired) electrons. The minimum atomic E-state index is 0.0931. The van der Waals surface area contributed by atoms with E-state index in [0.717, 1.165) is 34.2 Å². The molecule has 4 aromatic carbocycles. The number of phenolic OH excluding ortho intramolecular Hbond substituents is 3. The Hall–Kier alpha value is -4.04. The molecule has 0 aliphatic carbocycles. The fourth-order valence-electron chi connectivity index (χ4n) is 5.42. The van der Waals surface area contributed by atoms with Gasteiger partial charge in [-0.2, -0.15) is 0 Å². The van der Waals surface area contributed by atoms with Gasteiger partial charge in [0.1, 0.15) is 17.2 Å². The maximum atomic E-state index is 11.7. The second-order valence-electron chi connectivity index (χ2n) is 10.8. The minimum absolute atomic E-state index is 0.0931. The van der Waals surface area contributed by atoms with Crippen molar-refractivity contribution in [1.29, 1.82) is 0 Å². The summed E-state index contributed by atoms with van der Waals surface area (Å²) in [5.74, 6) is 1.49. The van der Waals surface area contributed by atoms with E-state index >= 15 is 0 Å². The zero-order valence-electron chi connectivity index (χ0n) is 24.3. The van der Waals surface area contributed by atoms with Crippen LogP contribution in [-0.2, 0) is 41.7 Å². The number of aromatic hydroxyl groups is 3. The Balaban J connectivity index is 1.54. The maximum Gasteiger partial charge on any atom is 0.169 e. The molecule has 4 aliphatic heterocycles. The Bertz CT molecular complexity index is 1490. The number of hydrogen-bond acceptors (Lipinski definition) is 7. The van der Waals surface area contributed by atoms with Crippen LogP contribution in [0.2, 0.25) is 0 Å². The SMILES string of the molecule is COCCN(CCOC)Cc1ccc2c(c1O)-c1ccc(cc1O)CCc1ccc(O)c(c1)Oc1ccc(cc1)CC2. The average Bonchev–Trinajstić information content (AvgIpc) is 2.99. The monoisotopic (exact) mass is 569 g/mol. The molecule has 3 N–H and O–H groups in total. The Morgan fingerprint density at radius 3 is 2.02 bits per heavy atom. The molecule has 4 aromatic rings. The quantitative estimate of drug-likeness (QED) is 0.231. The van der Waals surface area contributed by atoms with Crippen LogP contribution in [0.3, 0.4) is 0 Å². The summed E-state index contributed by atoms with van der Waals surface area (Å²) in [4.78, 5) is 2.19. The Morgan fingerprint density at radius 1 is 0.690 bits per heavy atom. The molecule has 4 aliphatic rings. The highest BCUT2D eigenvalue weighted by atomic mass is 16.5. The van der Waals surface area contributed by atoms with Crippen LogP contribution in [0.25, 0.3) is 11.1 Å². The van der Waals surface area contributed by atoms with Crippen molar-refractivity contribution < 1.29 is 29.5 Å². The van der Waals surface area contributed by atoms with E-state index < -0.39 is 0 Å². The van der Waals surface area contributed by atoms with Crippen LogP contribution >= 0.6 is 0 Å². The van der Waals surface area contributed by atoms with Crippen molar-refractivity contribution in [3.05, 3.63) is 101 Å². The number of hydrogen-bond donors (Lipinski definition) is 3. The number of nitrogens with zero attached hydrogens (tertiary/aromatic N) is 1. The fourth-order valence-corrected chi connectivity index (χ4v) is 5.42. The lowest BCUT2D eigenvalue weighted by atomic mass is 9.90. The second-order valence-corrected chi connectivity index (χ2v) is 10.8. The highest BCUT2D eigenvalue weighted by Gasteiger charge is 2.20. The molecule has 7 heteroatoms. The first kappa shape index (κ1) is 29.5. The van der Waals surface area contributed by atoms with Gasteiger partial charge in [0.05, 0.1) is 13.2 Å². The van der Waals surface area contributed by atoms with Crippen LogP contribution in [0.5, 0.6) is 28.7 Å². The summed E-state index contributed by atoms with van der Waals surface area (Å²) in [6.07, 6.45) is 2.81. The first-order chi connectivity index (χ1) is 20.4. The zero-order valence-corrected chi connectivity index (χ0v) is 24.3. The number of rotatable bonds is 8. The molecule has 0 unspecified atom stereocenters. The third-order valence-electron chi connectivity index (χ3n) is 7.86. The first-order valence-corrected chi connectivity index (χ1v) is 14.4. The Morgan fingerprint density at radius 2 is 1.33 bits per heavy atom. The molecule has 0 aromatic heterocycles. The standard InChI is InChI=1S/C35H39NO6/c1-40-19-17-36(18-20-41-2)23-28-12-11-27-10-5-24-6-13-29(14-7-24)42-33-22-26(9-16-31(33)37)4-3-25-8-15-30(32(38)21-25)34(27)35(28)39/h6-9,11-16,21-22,37-39H,3-5,10,17-20,23H2,1-2H3. The molecule has 8 rings (SSSR count). The van der Waals surface area contributed by atoms with Crippen LogP contribution in [0, 0.1) is 0 Å². The second kappa shape index (κ2) is 13.7. The normalized spacial score (nSPS) is 13.0. The number of aryl methyl sites for hydroxylation is 4. The predicted octanol–water partition coefficient (Wildman–Crippen LogP) is 6.24.